The average Bonchev–Trinajstić information content (AvgIpc) is 3.03. The van der Waals surface area contributed by atoms with Gasteiger partial charge in [0, 0.05) is 42.8 Å². The van der Waals surface area contributed by atoms with Crippen molar-refractivity contribution in [2.24, 2.45) is 0 Å². The summed E-state index contributed by atoms with van der Waals surface area (Å²) in [5.41, 5.74) is 3.10. The summed E-state index contributed by atoms with van der Waals surface area (Å²) in [7, 11) is 0. The van der Waals surface area contributed by atoms with Gasteiger partial charge in [0.1, 0.15) is 5.82 Å². The molecule has 0 aliphatic heterocycles. The van der Waals surface area contributed by atoms with E-state index >= 15 is 0 Å². The molecule has 0 unspecified atom stereocenters. The molecule has 2 aromatic heterocycles. The Bertz CT molecular complexity index is 710. The molecule has 0 aliphatic rings. The summed E-state index contributed by atoms with van der Waals surface area (Å²) >= 11 is 1.66. The van der Waals surface area contributed by atoms with Gasteiger partial charge in [-0.25, -0.2) is 9.37 Å². The van der Waals surface area contributed by atoms with Gasteiger partial charge in [0.05, 0.1) is 10.7 Å². The monoisotopic (exact) mass is 313 g/mol. The van der Waals surface area contributed by atoms with Crippen LogP contribution in [0.25, 0.3) is 11.3 Å². The number of halogens is 1. The molecule has 0 atom stereocenters. The molecule has 0 fully saturated rings. The van der Waals surface area contributed by atoms with E-state index in [0.29, 0.717) is 0 Å². The van der Waals surface area contributed by atoms with Crippen LogP contribution < -0.4 is 5.32 Å². The highest BCUT2D eigenvalue weighted by Gasteiger charge is 2.04. The summed E-state index contributed by atoms with van der Waals surface area (Å²) in [6.07, 6.45) is 4.47. The smallest absolute Gasteiger partial charge is 0.123 e. The van der Waals surface area contributed by atoms with Crippen LogP contribution in [0.1, 0.15) is 10.6 Å². The number of pyridine rings is 1. The predicted molar refractivity (Wildman–Crippen MR) is 87.2 cm³/mol. The van der Waals surface area contributed by atoms with Gasteiger partial charge in [-0.15, -0.1) is 11.3 Å². The van der Waals surface area contributed by atoms with Gasteiger partial charge in [0.25, 0.3) is 0 Å². The molecule has 3 rings (SSSR count). The summed E-state index contributed by atoms with van der Waals surface area (Å²) in [6, 6.07) is 10.5. The lowest BCUT2D eigenvalue weighted by Gasteiger charge is -2.03. The molecular formula is C17H16FN3S. The number of benzene rings is 1. The Morgan fingerprint density at radius 2 is 2.00 bits per heavy atom. The third kappa shape index (κ3) is 3.96. The number of nitrogens with one attached hydrogen (secondary N) is 1. The highest BCUT2D eigenvalue weighted by molar-refractivity contribution is 7.09. The normalized spacial score (nSPS) is 10.8. The fourth-order valence-electron chi connectivity index (χ4n) is 2.10. The molecule has 3 nitrogen and oxygen atoms in total. The summed E-state index contributed by atoms with van der Waals surface area (Å²) < 4.78 is 12.8. The molecule has 5 heteroatoms. The maximum absolute atomic E-state index is 12.8. The van der Waals surface area contributed by atoms with Crippen LogP contribution in [-0.2, 0) is 13.0 Å². The molecule has 0 aliphatic carbocycles. The first-order chi connectivity index (χ1) is 10.8. The molecule has 2 heterocycles. The summed E-state index contributed by atoms with van der Waals surface area (Å²) in [5.74, 6) is -0.200. The van der Waals surface area contributed by atoms with Gasteiger partial charge >= 0.3 is 0 Å². The third-order valence-corrected chi connectivity index (χ3v) is 4.18. The zero-order chi connectivity index (χ0) is 15.2. The lowest BCUT2D eigenvalue weighted by Crippen LogP contribution is -2.16. The summed E-state index contributed by atoms with van der Waals surface area (Å²) in [4.78, 5) is 8.74. The van der Waals surface area contributed by atoms with E-state index in [2.05, 4.69) is 20.7 Å². The van der Waals surface area contributed by atoms with Gasteiger partial charge in [-0.2, -0.15) is 0 Å². The predicted octanol–water partition coefficient (Wildman–Crippen LogP) is 3.68. The maximum atomic E-state index is 12.8. The second-order valence-electron chi connectivity index (χ2n) is 4.92. The van der Waals surface area contributed by atoms with Crippen molar-refractivity contribution in [1.82, 2.24) is 15.3 Å². The fraction of sp³-hybridized carbons (Fsp3) is 0.176. The van der Waals surface area contributed by atoms with Crippen LogP contribution in [0.5, 0.6) is 0 Å². The minimum atomic E-state index is -0.200. The molecule has 0 spiro atoms. The molecule has 0 radical (unpaired) electrons. The van der Waals surface area contributed by atoms with Gasteiger partial charge in [-0.05, 0) is 29.8 Å². The second kappa shape index (κ2) is 7.24. The first-order valence-corrected chi connectivity index (χ1v) is 7.99. The summed E-state index contributed by atoms with van der Waals surface area (Å²) in [6.45, 7) is 1.58. The first kappa shape index (κ1) is 14.8. The van der Waals surface area contributed by atoms with Gasteiger partial charge in [-0.1, -0.05) is 12.1 Å². The van der Waals surface area contributed by atoms with E-state index < -0.39 is 0 Å². The van der Waals surface area contributed by atoms with Crippen LogP contribution in [0.2, 0.25) is 0 Å². The van der Waals surface area contributed by atoms with Crippen LogP contribution in [0.4, 0.5) is 4.39 Å². The van der Waals surface area contributed by atoms with Crippen molar-refractivity contribution in [3.8, 4) is 11.3 Å². The number of aromatic nitrogens is 2. The van der Waals surface area contributed by atoms with Crippen molar-refractivity contribution in [2.75, 3.05) is 6.54 Å². The molecule has 112 valence electrons. The highest BCUT2D eigenvalue weighted by Crippen LogP contribution is 2.20. The largest absolute Gasteiger partial charge is 0.312 e. The van der Waals surface area contributed by atoms with Crippen LogP contribution in [0.3, 0.4) is 0 Å². The van der Waals surface area contributed by atoms with Crippen LogP contribution in [0, 0.1) is 5.82 Å². The maximum Gasteiger partial charge on any atom is 0.123 e. The molecule has 0 saturated heterocycles. The molecule has 1 aromatic carbocycles. The van der Waals surface area contributed by atoms with E-state index in [4.69, 9.17) is 0 Å². The van der Waals surface area contributed by atoms with E-state index in [1.807, 2.05) is 18.3 Å². The minimum absolute atomic E-state index is 0.200. The molecule has 0 bridgehead atoms. The Morgan fingerprint density at radius 3 is 2.77 bits per heavy atom. The number of hydrogen-bond donors (Lipinski definition) is 1. The first-order valence-electron chi connectivity index (χ1n) is 7.11. The van der Waals surface area contributed by atoms with Gasteiger partial charge < -0.3 is 5.32 Å². The van der Waals surface area contributed by atoms with Crippen molar-refractivity contribution < 1.29 is 4.39 Å². The van der Waals surface area contributed by atoms with Crippen LogP contribution in [-0.4, -0.2) is 16.5 Å². The zero-order valence-corrected chi connectivity index (χ0v) is 12.8. The quantitative estimate of drug-likeness (QED) is 0.706. The van der Waals surface area contributed by atoms with Crippen molar-refractivity contribution in [1.29, 1.82) is 0 Å². The highest BCUT2D eigenvalue weighted by atomic mass is 32.1. The molecule has 0 amide bonds. The standard InChI is InChI=1S/C17H16FN3S/c18-15-5-3-13(4-6-15)10-20-9-7-17-21-16(12-22-17)14-2-1-8-19-11-14/h1-6,8,11-12,20H,7,9-10H2. The van der Waals surface area contributed by atoms with E-state index in [1.165, 1.54) is 12.1 Å². The lowest BCUT2D eigenvalue weighted by atomic mass is 10.2. The van der Waals surface area contributed by atoms with E-state index in [-0.39, 0.29) is 5.82 Å². The molecule has 3 aromatic rings. The Morgan fingerprint density at radius 1 is 1.14 bits per heavy atom. The van der Waals surface area contributed by atoms with E-state index in [0.717, 1.165) is 41.3 Å². The van der Waals surface area contributed by atoms with Gasteiger partial charge in [0.15, 0.2) is 0 Å². The number of hydrogen-bond acceptors (Lipinski definition) is 4. The van der Waals surface area contributed by atoms with Gasteiger partial charge in [0.2, 0.25) is 0 Å². The SMILES string of the molecule is Fc1ccc(CNCCc2nc(-c3cccnc3)cs2)cc1. The van der Waals surface area contributed by atoms with Crippen molar-refractivity contribution >= 4 is 11.3 Å². The second-order valence-corrected chi connectivity index (χ2v) is 5.86. The topological polar surface area (TPSA) is 37.8 Å². The van der Waals surface area contributed by atoms with E-state index in [1.54, 1.807) is 29.7 Å². The lowest BCUT2D eigenvalue weighted by molar-refractivity contribution is 0.625. The average molecular weight is 313 g/mol. The van der Waals surface area contributed by atoms with E-state index in [9.17, 15) is 4.39 Å². The molecule has 22 heavy (non-hydrogen) atoms. The molecule has 0 saturated carbocycles. The fourth-order valence-corrected chi connectivity index (χ4v) is 2.91. The van der Waals surface area contributed by atoms with Crippen LogP contribution in [0.15, 0.2) is 54.2 Å². The molecule has 1 N–H and O–H groups in total. The Balaban J connectivity index is 1.48. The Labute approximate surface area is 132 Å². The Kier molecular flexibility index (Phi) is 4.88. The molecular weight excluding hydrogens is 297 g/mol. The number of rotatable bonds is 6. The van der Waals surface area contributed by atoms with Crippen molar-refractivity contribution in [3.05, 3.63) is 70.6 Å². The van der Waals surface area contributed by atoms with Crippen LogP contribution >= 0.6 is 11.3 Å². The van der Waals surface area contributed by atoms with Crippen molar-refractivity contribution in [3.63, 3.8) is 0 Å². The van der Waals surface area contributed by atoms with Crippen molar-refractivity contribution in [2.45, 2.75) is 13.0 Å². The minimum Gasteiger partial charge on any atom is -0.312 e. The Hall–Kier alpha value is -2.11. The zero-order valence-electron chi connectivity index (χ0n) is 12.0. The third-order valence-electron chi connectivity index (χ3n) is 3.27. The number of thiazole rings is 1. The summed E-state index contributed by atoms with van der Waals surface area (Å²) in [5, 5.41) is 6.51. The van der Waals surface area contributed by atoms with Gasteiger partial charge in [-0.3, -0.25) is 4.98 Å². The number of nitrogens with zero attached hydrogens (tertiary/aromatic N) is 2.